The molecule has 0 aliphatic heterocycles. The van der Waals surface area contributed by atoms with E-state index in [1.54, 1.807) is 0 Å². The summed E-state index contributed by atoms with van der Waals surface area (Å²) in [6.45, 7) is 5.39. The van der Waals surface area contributed by atoms with Crippen molar-refractivity contribution in [1.82, 2.24) is 14.5 Å². The third-order valence-corrected chi connectivity index (χ3v) is 4.72. The lowest BCUT2D eigenvalue weighted by molar-refractivity contribution is 0.266. The quantitative estimate of drug-likeness (QED) is 0.729. The fourth-order valence-electron chi connectivity index (χ4n) is 2.76. The Kier molecular flexibility index (Phi) is 4.34. The topological polar surface area (TPSA) is 21.1 Å². The minimum absolute atomic E-state index is 0.460. The fourth-order valence-corrected chi connectivity index (χ4v) is 3.32. The Morgan fingerprint density at radius 3 is 2.90 bits per heavy atom. The number of benzene rings is 1. The van der Waals surface area contributed by atoms with Crippen molar-refractivity contribution in [3.05, 3.63) is 28.5 Å². The molecule has 0 N–H and O–H groups in total. The molecule has 0 unspecified atom stereocenters. The normalized spacial score (nSPS) is 15.4. The van der Waals surface area contributed by atoms with Gasteiger partial charge in [0.25, 0.3) is 0 Å². The number of rotatable bonds is 6. The zero-order valence-electron chi connectivity index (χ0n) is 11.6. The standard InChI is InChI=1S/C15H19BrClN3/c1-2-19(12-4-5-12)7-8-20-14-9-11(16)3-6-13(14)18-15(20)10-17/h3,6,9,12H,2,4-5,7-8,10H2,1H3. The van der Waals surface area contributed by atoms with Crippen LogP contribution in [0.15, 0.2) is 22.7 Å². The van der Waals surface area contributed by atoms with E-state index in [0.717, 1.165) is 41.5 Å². The number of hydrogen-bond donors (Lipinski definition) is 0. The zero-order valence-corrected chi connectivity index (χ0v) is 14.0. The van der Waals surface area contributed by atoms with Crippen LogP contribution in [0.25, 0.3) is 11.0 Å². The van der Waals surface area contributed by atoms with E-state index in [1.807, 2.05) is 12.1 Å². The molecule has 1 saturated carbocycles. The van der Waals surface area contributed by atoms with Crippen LogP contribution in [0.3, 0.4) is 0 Å². The van der Waals surface area contributed by atoms with Gasteiger partial charge in [-0.3, -0.25) is 4.90 Å². The van der Waals surface area contributed by atoms with Gasteiger partial charge in [-0.05, 0) is 37.6 Å². The summed E-state index contributed by atoms with van der Waals surface area (Å²) >= 11 is 9.60. The van der Waals surface area contributed by atoms with E-state index in [1.165, 1.54) is 18.4 Å². The van der Waals surface area contributed by atoms with Gasteiger partial charge in [-0.1, -0.05) is 22.9 Å². The Balaban J connectivity index is 1.86. The first kappa shape index (κ1) is 14.4. The summed E-state index contributed by atoms with van der Waals surface area (Å²) in [6.07, 6.45) is 2.71. The number of nitrogens with zero attached hydrogens (tertiary/aromatic N) is 3. The van der Waals surface area contributed by atoms with Crippen LogP contribution in [0.2, 0.25) is 0 Å². The highest BCUT2D eigenvalue weighted by Gasteiger charge is 2.27. The van der Waals surface area contributed by atoms with Gasteiger partial charge >= 0.3 is 0 Å². The van der Waals surface area contributed by atoms with Crippen molar-refractivity contribution in [3.63, 3.8) is 0 Å². The summed E-state index contributed by atoms with van der Waals surface area (Å²) in [5.41, 5.74) is 2.19. The van der Waals surface area contributed by atoms with Crippen molar-refractivity contribution < 1.29 is 0 Å². The Labute approximate surface area is 133 Å². The van der Waals surface area contributed by atoms with Gasteiger partial charge in [0.15, 0.2) is 0 Å². The molecule has 108 valence electrons. The fraction of sp³-hybridized carbons (Fsp3) is 0.533. The Morgan fingerprint density at radius 2 is 2.25 bits per heavy atom. The highest BCUT2D eigenvalue weighted by atomic mass is 79.9. The molecule has 5 heteroatoms. The van der Waals surface area contributed by atoms with Crippen LogP contribution in [-0.2, 0) is 12.4 Å². The largest absolute Gasteiger partial charge is 0.326 e. The molecule has 1 aromatic heterocycles. The maximum Gasteiger partial charge on any atom is 0.124 e. The number of likely N-dealkylation sites (N-methyl/N-ethyl adjacent to an activating group) is 1. The number of halogens is 2. The summed E-state index contributed by atoms with van der Waals surface area (Å²) in [5, 5.41) is 0. The third-order valence-electron chi connectivity index (χ3n) is 3.99. The summed E-state index contributed by atoms with van der Waals surface area (Å²) in [4.78, 5) is 7.19. The average Bonchev–Trinajstić information content (AvgIpc) is 3.22. The molecule has 2 aromatic rings. The van der Waals surface area contributed by atoms with Crippen LogP contribution in [0, 0.1) is 0 Å². The minimum Gasteiger partial charge on any atom is -0.326 e. The summed E-state index contributed by atoms with van der Waals surface area (Å²) < 4.78 is 3.35. The van der Waals surface area contributed by atoms with Crippen LogP contribution >= 0.6 is 27.5 Å². The van der Waals surface area contributed by atoms with Crippen molar-refractivity contribution in [2.24, 2.45) is 0 Å². The van der Waals surface area contributed by atoms with Crippen molar-refractivity contribution in [2.75, 3.05) is 13.1 Å². The van der Waals surface area contributed by atoms with Gasteiger partial charge in [0.2, 0.25) is 0 Å². The van der Waals surface area contributed by atoms with Gasteiger partial charge in [-0.25, -0.2) is 4.98 Å². The molecule has 0 bridgehead atoms. The smallest absolute Gasteiger partial charge is 0.124 e. The van der Waals surface area contributed by atoms with Crippen molar-refractivity contribution in [1.29, 1.82) is 0 Å². The van der Waals surface area contributed by atoms with Crippen molar-refractivity contribution in [2.45, 2.75) is 38.2 Å². The molecule has 0 atom stereocenters. The summed E-state index contributed by atoms with van der Waals surface area (Å²) in [5.74, 6) is 1.42. The van der Waals surface area contributed by atoms with Crippen LogP contribution in [-0.4, -0.2) is 33.6 Å². The Hall–Kier alpha value is -0.580. The van der Waals surface area contributed by atoms with Gasteiger partial charge in [0, 0.05) is 23.6 Å². The minimum atomic E-state index is 0.460. The molecular weight excluding hydrogens is 338 g/mol. The first-order valence-electron chi connectivity index (χ1n) is 7.17. The van der Waals surface area contributed by atoms with E-state index >= 15 is 0 Å². The molecule has 20 heavy (non-hydrogen) atoms. The van der Waals surface area contributed by atoms with Crippen LogP contribution in [0.5, 0.6) is 0 Å². The molecule has 0 saturated heterocycles. The zero-order chi connectivity index (χ0) is 14.1. The molecule has 0 amide bonds. The van der Waals surface area contributed by atoms with E-state index in [-0.39, 0.29) is 0 Å². The molecule has 1 fully saturated rings. The van der Waals surface area contributed by atoms with E-state index in [9.17, 15) is 0 Å². The molecule has 3 nitrogen and oxygen atoms in total. The highest BCUT2D eigenvalue weighted by Crippen LogP contribution is 2.27. The van der Waals surface area contributed by atoms with Gasteiger partial charge < -0.3 is 4.57 Å². The van der Waals surface area contributed by atoms with E-state index in [4.69, 9.17) is 11.6 Å². The lowest BCUT2D eigenvalue weighted by Gasteiger charge is -2.20. The van der Waals surface area contributed by atoms with Gasteiger partial charge in [0.05, 0.1) is 16.9 Å². The predicted molar refractivity (Wildman–Crippen MR) is 87.3 cm³/mol. The van der Waals surface area contributed by atoms with Crippen LogP contribution in [0.4, 0.5) is 0 Å². The number of aromatic nitrogens is 2. The number of alkyl halides is 1. The van der Waals surface area contributed by atoms with Crippen LogP contribution in [0.1, 0.15) is 25.6 Å². The lowest BCUT2D eigenvalue weighted by atomic mass is 10.3. The number of imidazole rings is 1. The van der Waals surface area contributed by atoms with E-state index in [2.05, 4.69) is 43.4 Å². The van der Waals surface area contributed by atoms with E-state index < -0.39 is 0 Å². The van der Waals surface area contributed by atoms with Gasteiger partial charge in [-0.15, -0.1) is 11.6 Å². The van der Waals surface area contributed by atoms with Gasteiger partial charge in [-0.2, -0.15) is 0 Å². The van der Waals surface area contributed by atoms with Crippen molar-refractivity contribution >= 4 is 38.6 Å². The molecule has 0 spiro atoms. The molecule has 1 aliphatic rings. The van der Waals surface area contributed by atoms with Gasteiger partial charge in [0.1, 0.15) is 5.82 Å². The van der Waals surface area contributed by atoms with Crippen molar-refractivity contribution in [3.8, 4) is 0 Å². The summed E-state index contributed by atoms with van der Waals surface area (Å²) in [6, 6.07) is 7.01. The summed E-state index contributed by atoms with van der Waals surface area (Å²) in [7, 11) is 0. The molecule has 3 rings (SSSR count). The Bertz CT molecular complexity index is 606. The van der Waals surface area contributed by atoms with E-state index in [0.29, 0.717) is 5.88 Å². The maximum atomic E-state index is 6.06. The maximum absolute atomic E-state index is 6.06. The molecule has 0 radical (unpaired) electrons. The SMILES string of the molecule is CCN(CCn1c(CCl)nc2ccc(Br)cc21)C1CC1. The number of fused-ring (bicyclic) bond motifs is 1. The second-order valence-electron chi connectivity index (χ2n) is 5.31. The number of hydrogen-bond acceptors (Lipinski definition) is 2. The highest BCUT2D eigenvalue weighted by molar-refractivity contribution is 9.10. The molecule has 1 aromatic carbocycles. The predicted octanol–water partition coefficient (Wildman–Crippen LogP) is 4.02. The Morgan fingerprint density at radius 1 is 1.45 bits per heavy atom. The first-order chi connectivity index (χ1) is 9.72. The first-order valence-corrected chi connectivity index (χ1v) is 8.50. The molecule has 1 heterocycles. The second kappa shape index (κ2) is 6.04. The third kappa shape index (κ3) is 2.87. The average molecular weight is 357 g/mol. The monoisotopic (exact) mass is 355 g/mol. The molecular formula is C15H19BrClN3. The van der Waals surface area contributed by atoms with Crippen LogP contribution < -0.4 is 0 Å². The second-order valence-corrected chi connectivity index (χ2v) is 6.49. The molecule has 1 aliphatic carbocycles. The lowest BCUT2D eigenvalue weighted by Crippen LogP contribution is -2.29.